The minimum atomic E-state index is -0.355. The third-order valence-corrected chi connectivity index (χ3v) is 3.59. The van der Waals surface area contributed by atoms with Crippen LogP contribution < -0.4 is 10.6 Å². The molecule has 1 aromatic carbocycles. The average Bonchev–Trinajstić information content (AvgIpc) is 2.72. The molecule has 2 rings (SSSR count). The van der Waals surface area contributed by atoms with Crippen LogP contribution in [0.4, 0.5) is 0 Å². The lowest BCUT2D eigenvalue weighted by Crippen LogP contribution is -2.34. The fourth-order valence-corrected chi connectivity index (χ4v) is 2.43. The molecule has 2 unspecified atom stereocenters. The number of hydrogen-bond acceptors (Lipinski definition) is 3. The number of aliphatic hydroxyl groups is 1. The number of β-amino-alcohol motifs (C(OH)–C–C–N with tert-alkyl or cyclic N) is 1. The van der Waals surface area contributed by atoms with Crippen molar-refractivity contribution in [1.29, 1.82) is 0 Å². The van der Waals surface area contributed by atoms with Crippen molar-refractivity contribution in [3.63, 3.8) is 0 Å². The first-order chi connectivity index (χ1) is 8.16. The lowest BCUT2D eigenvalue weighted by Gasteiger charge is -2.14. The van der Waals surface area contributed by atoms with Gasteiger partial charge in [0.25, 0.3) is 5.91 Å². The van der Waals surface area contributed by atoms with Gasteiger partial charge in [0.2, 0.25) is 0 Å². The van der Waals surface area contributed by atoms with Crippen LogP contribution in [0.5, 0.6) is 0 Å². The predicted molar refractivity (Wildman–Crippen MR) is 81.1 cm³/mol. The molecule has 0 saturated carbocycles. The van der Waals surface area contributed by atoms with Crippen LogP contribution in [-0.4, -0.2) is 36.8 Å². The molecule has 4 nitrogen and oxygen atoms in total. The summed E-state index contributed by atoms with van der Waals surface area (Å²) in [4.78, 5) is 11.8. The summed E-state index contributed by atoms with van der Waals surface area (Å²) in [6, 6.07) is 7.45. The highest BCUT2D eigenvalue weighted by Crippen LogP contribution is 2.09. The molecule has 1 aliphatic heterocycles. The highest BCUT2D eigenvalue weighted by atomic mass is 127. The van der Waals surface area contributed by atoms with Gasteiger partial charge in [-0.1, -0.05) is 6.07 Å². The van der Waals surface area contributed by atoms with Gasteiger partial charge >= 0.3 is 0 Å². The van der Waals surface area contributed by atoms with Gasteiger partial charge in [-0.3, -0.25) is 4.79 Å². The molecule has 18 heavy (non-hydrogen) atoms. The number of hydrogen-bond donors (Lipinski definition) is 3. The van der Waals surface area contributed by atoms with Crippen LogP contribution >= 0.6 is 35.0 Å². The molecule has 0 aromatic heterocycles. The topological polar surface area (TPSA) is 61.4 Å². The van der Waals surface area contributed by atoms with E-state index in [-0.39, 0.29) is 30.3 Å². The average molecular weight is 383 g/mol. The van der Waals surface area contributed by atoms with Crippen molar-refractivity contribution < 1.29 is 9.90 Å². The zero-order valence-corrected chi connectivity index (χ0v) is 12.7. The largest absolute Gasteiger partial charge is 0.391 e. The van der Waals surface area contributed by atoms with E-state index in [2.05, 4.69) is 33.2 Å². The molecule has 0 spiro atoms. The van der Waals surface area contributed by atoms with Crippen LogP contribution in [0.25, 0.3) is 0 Å². The van der Waals surface area contributed by atoms with Crippen LogP contribution in [0.15, 0.2) is 24.3 Å². The minimum absolute atomic E-state index is 0. The molecule has 3 N–H and O–H groups in total. The quantitative estimate of drug-likeness (QED) is 0.684. The first kappa shape index (κ1) is 15.7. The van der Waals surface area contributed by atoms with Gasteiger partial charge in [-0.2, -0.15) is 0 Å². The van der Waals surface area contributed by atoms with E-state index in [1.54, 1.807) is 6.07 Å². The van der Waals surface area contributed by atoms with E-state index >= 15 is 0 Å². The number of halogens is 2. The Balaban J connectivity index is 0.00000162. The van der Waals surface area contributed by atoms with Gasteiger partial charge in [-0.25, -0.2) is 0 Å². The maximum atomic E-state index is 11.8. The van der Waals surface area contributed by atoms with Crippen molar-refractivity contribution in [1.82, 2.24) is 10.6 Å². The van der Waals surface area contributed by atoms with Crippen molar-refractivity contribution in [3.8, 4) is 0 Å². The fraction of sp³-hybridized carbons (Fsp3) is 0.417. The third-order valence-electron chi connectivity index (χ3n) is 2.92. The van der Waals surface area contributed by atoms with E-state index in [1.165, 1.54) is 0 Å². The van der Waals surface area contributed by atoms with Gasteiger partial charge in [-0.15, -0.1) is 12.4 Å². The molecule has 0 radical (unpaired) electrons. The van der Waals surface area contributed by atoms with E-state index in [1.807, 2.05) is 18.2 Å². The highest BCUT2D eigenvalue weighted by Gasteiger charge is 2.25. The summed E-state index contributed by atoms with van der Waals surface area (Å²) in [5, 5.41) is 15.5. The smallest absolute Gasteiger partial charge is 0.251 e. The van der Waals surface area contributed by atoms with E-state index in [0.29, 0.717) is 18.7 Å². The van der Waals surface area contributed by atoms with Crippen molar-refractivity contribution in [2.24, 2.45) is 5.92 Å². The van der Waals surface area contributed by atoms with Crippen LogP contribution in [0.2, 0.25) is 0 Å². The van der Waals surface area contributed by atoms with Crippen molar-refractivity contribution in [3.05, 3.63) is 33.4 Å². The van der Waals surface area contributed by atoms with Gasteiger partial charge < -0.3 is 15.7 Å². The van der Waals surface area contributed by atoms with Gasteiger partial charge in [0.05, 0.1) is 6.10 Å². The molecule has 1 fully saturated rings. The molecule has 0 bridgehead atoms. The lowest BCUT2D eigenvalue weighted by molar-refractivity contribution is 0.0927. The van der Waals surface area contributed by atoms with E-state index < -0.39 is 0 Å². The predicted octanol–water partition coefficient (Wildman–Crippen LogP) is 1.02. The number of nitrogens with one attached hydrogen (secondary N) is 2. The molecule has 1 heterocycles. The summed E-state index contributed by atoms with van der Waals surface area (Å²) >= 11 is 2.18. The molecule has 0 aliphatic carbocycles. The van der Waals surface area contributed by atoms with Gasteiger partial charge in [0, 0.05) is 34.7 Å². The Bertz CT molecular complexity index is 417. The van der Waals surface area contributed by atoms with Crippen LogP contribution in [0, 0.1) is 9.49 Å². The Morgan fingerprint density at radius 3 is 2.89 bits per heavy atom. The molecule has 6 heteroatoms. The molecule has 1 aliphatic rings. The van der Waals surface area contributed by atoms with Crippen LogP contribution in [0.1, 0.15) is 10.4 Å². The van der Waals surface area contributed by atoms with E-state index in [0.717, 1.165) is 10.1 Å². The second-order valence-electron chi connectivity index (χ2n) is 4.21. The summed E-state index contributed by atoms with van der Waals surface area (Å²) in [6.45, 7) is 1.88. The normalized spacial score (nSPS) is 22.3. The van der Waals surface area contributed by atoms with E-state index in [4.69, 9.17) is 0 Å². The number of benzene rings is 1. The van der Waals surface area contributed by atoms with Crippen molar-refractivity contribution in [2.45, 2.75) is 6.10 Å². The van der Waals surface area contributed by atoms with Crippen molar-refractivity contribution >= 4 is 40.9 Å². The zero-order valence-electron chi connectivity index (χ0n) is 9.73. The van der Waals surface area contributed by atoms with Gasteiger partial charge in [0.1, 0.15) is 0 Å². The summed E-state index contributed by atoms with van der Waals surface area (Å²) in [5.41, 5.74) is 0.664. The van der Waals surface area contributed by atoms with Crippen molar-refractivity contribution in [2.75, 3.05) is 19.6 Å². The zero-order chi connectivity index (χ0) is 12.3. The van der Waals surface area contributed by atoms with Gasteiger partial charge in [-0.05, 0) is 40.8 Å². The minimum Gasteiger partial charge on any atom is -0.391 e. The molecule has 100 valence electrons. The molecule has 1 aromatic rings. The number of rotatable bonds is 3. The fourth-order valence-electron chi connectivity index (χ4n) is 1.88. The Kier molecular flexibility index (Phi) is 6.34. The maximum absolute atomic E-state index is 11.8. The number of aliphatic hydroxyl groups excluding tert-OH is 1. The first-order valence-electron chi connectivity index (χ1n) is 5.59. The summed E-state index contributed by atoms with van der Waals surface area (Å²) in [5.74, 6) is 0.0318. The molecule has 1 saturated heterocycles. The third kappa shape index (κ3) is 4.08. The highest BCUT2D eigenvalue weighted by molar-refractivity contribution is 14.1. The molecular formula is C12H16ClIN2O2. The first-order valence-corrected chi connectivity index (χ1v) is 6.67. The Labute approximate surface area is 126 Å². The SMILES string of the molecule is Cl.O=C(NCC1CNCC1O)c1cccc(I)c1. The summed E-state index contributed by atoms with van der Waals surface area (Å²) in [7, 11) is 0. The lowest BCUT2D eigenvalue weighted by atomic mass is 10.1. The number of carbonyl (C=O) groups excluding carboxylic acids is 1. The van der Waals surface area contributed by atoms with Crippen LogP contribution in [0.3, 0.4) is 0 Å². The maximum Gasteiger partial charge on any atom is 0.251 e. The van der Waals surface area contributed by atoms with Crippen LogP contribution in [-0.2, 0) is 0 Å². The number of carbonyl (C=O) groups is 1. The van der Waals surface area contributed by atoms with E-state index in [9.17, 15) is 9.90 Å². The second-order valence-corrected chi connectivity index (χ2v) is 5.45. The number of amides is 1. The Morgan fingerprint density at radius 2 is 2.28 bits per heavy atom. The molecule has 1 amide bonds. The summed E-state index contributed by atoms with van der Waals surface area (Å²) < 4.78 is 1.04. The monoisotopic (exact) mass is 382 g/mol. The molecular weight excluding hydrogens is 367 g/mol. The summed E-state index contributed by atoms with van der Waals surface area (Å²) in [6.07, 6.45) is -0.355. The second kappa shape index (κ2) is 7.28. The Morgan fingerprint density at radius 1 is 1.50 bits per heavy atom. The van der Waals surface area contributed by atoms with Gasteiger partial charge in [0.15, 0.2) is 0 Å². The molecule has 2 atom stereocenters. The standard InChI is InChI=1S/C12H15IN2O2.ClH/c13-10-3-1-2-8(4-10)12(17)15-6-9-5-14-7-11(9)16;/h1-4,9,11,14,16H,5-7H2,(H,15,17);1H. The Hall–Kier alpha value is -0.370.